The minimum absolute atomic E-state index is 0.195. The molecule has 0 aromatic carbocycles. The van der Waals surface area contributed by atoms with Gasteiger partial charge in [-0.2, -0.15) is 5.10 Å². The van der Waals surface area contributed by atoms with Gasteiger partial charge in [-0.15, -0.1) is 0 Å². The van der Waals surface area contributed by atoms with E-state index >= 15 is 0 Å². The van der Waals surface area contributed by atoms with Crippen LogP contribution in [-0.2, 0) is 11.3 Å². The van der Waals surface area contributed by atoms with Crippen molar-refractivity contribution < 1.29 is 4.74 Å². The summed E-state index contributed by atoms with van der Waals surface area (Å²) in [5, 5.41) is 4.37. The van der Waals surface area contributed by atoms with E-state index in [-0.39, 0.29) is 6.04 Å². The number of rotatable bonds is 8. The lowest BCUT2D eigenvalue weighted by Gasteiger charge is -2.31. The number of nitrogens with zero attached hydrogens (tertiary/aromatic N) is 3. The number of aromatic nitrogens is 2. The molecule has 2 N–H and O–H groups in total. The number of likely N-dealkylation sites (N-methyl/N-ethyl adjacent to an activating group) is 1. The first kappa shape index (κ1) is 15.1. The largest absolute Gasteiger partial charge is 0.383 e. The fraction of sp³-hybridized carbons (Fsp3) is 0.769. The van der Waals surface area contributed by atoms with E-state index < -0.39 is 0 Å². The molecule has 104 valence electrons. The second-order valence-electron chi connectivity index (χ2n) is 4.76. The van der Waals surface area contributed by atoms with Gasteiger partial charge in [-0.3, -0.25) is 9.58 Å². The fourth-order valence-corrected chi connectivity index (χ4v) is 2.11. The zero-order valence-electron chi connectivity index (χ0n) is 12.0. The Balaban J connectivity index is 2.74. The molecule has 0 saturated carbocycles. The van der Waals surface area contributed by atoms with Crippen LogP contribution < -0.4 is 5.73 Å². The maximum Gasteiger partial charge on any atom is 0.0615 e. The van der Waals surface area contributed by atoms with E-state index in [1.165, 1.54) is 5.56 Å². The molecular formula is C13H26N4O. The van der Waals surface area contributed by atoms with Crippen LogP contribution >= 0.6 is 0 Å². The predicted octanol–water partition coefficient (Wildman–Crippen LogP) is 1.26. The maximum absolute atomic E-state index is 5.90. The molecule has 0 saturated heterocycles. The smallest absolute Gasteiger partial charge is 0.0615 e. The summed E-state index contributed by atoms with van der Waals surface area (Å²) in [5.74, 6) is 0. The molecule has 0 aliphatic rings. The first-order valence-electron chi connectivity index (χ1n) is 6.57. The Morgan fingerprint density at radius 1 is 1.56 bits per heavy atom. The SMILES string of the molecule is CCCn1cc(C(CN)N(C)C(C)COC)cn1. The fourth-order valence-electron chi connectivity index (χ4n) is 2.11. The van der Waals surface area contributed by atoms with Gasteiger partial charge in [0, 0.05) is 38.0 Å². The average molecular weight is 254 g/mol. The Kier molecular flexibility index (Phi) is 6.32. The Bertz CT molecular complexity index is 339. The van der Waals surface area contributed by atoms with E-state index in [0.29, 0.717) is 19.2 Å². The van der Waals surface area contributed by atoms with Crippen LogP contribution in [0.1, 0.15) is 31.9 Å². The number of hydrogen-bond donors (Lipinski definition) is 1. The van der Waals surface area contributed by atoms with E-state index in [2.05, 4.69) is 37.1 Å². The lowest BCUT2D eigenvalue weighted by atomic mass is 10.1. The highest BCUT2D eigenvalue weighted by molar-refractivity contribution is 5.11. The van der Waals surface area contributed by atoms with Gasteiger partial charge < -0.3 is 10.5 Å². The summed E-state index contributed by atoms with van der Waals surface area (Å²) in [6, 6.07) is 0.527. The molecule has 0 amide bonds. The van der Waals surface area contributed by atoms with Crippen molar-refractivity contribution in [2.75, 3.05) is 27.3 Å². The summed E-state index contributed by atoms with van der Waals surface area (Å²) in [7, 11) is 3.81. The minimum Gasteiger partial charge on any atom is -0.383 e. The van der Waals surface area contributed by atoms with Crippen LogP contribution in [0.3, 0.4) is 0 Å². The lowest BCUT2D eigenvalue weighted by Crippen LogP contribution is -2.39. The van der Waals surface area contributed by atoms with Crippen LogP contribution in [0, 0.1) is 0 Å². The van der Waals surface area contributed by atoms with E-state index in [0.717, 1.165) is 13.0 Å². The van der Waals surface area contributed by atoms with Crippen molar-refractivity contribution >= 4 is 0 Å². The molecule has 1 heterocycles. The van der Waals surface area contributed by atoms with Crippen LogP contribution in [0.15, 0.2) is 12.4 Å². The summed E-state index contributed by atoms with van der Waals surface area (Å²) in [4.78, 5) is 2.25. The number of ether oxygens (including phenoxy) is 1. The van der Waals surface area contributed by atoms with Gasteiger partial charge in [0.1, 0.15) is 0 Å². The predicted molar refractivity (Wildman–Crippen MR) is 73.4 cm³/mol. The van der Waals surface area contributed by atoms with E-state index in [1.54, 1.807) is 7.11 Å². The average Bonchev–Trinajstić information content (AvgIpc) is 2.79. The van der Waals surface area contributed by atoms with Gasteiger partial charge in [0.2, 0.25) is 0 Å². The Morgan fingerprint density at radius 3 is 2.83 bits per heavy atom. The molecule has 0 radical (unpaired) electrons. The van der Waals surface area contributed by atoms with Crippen LogP contribution in [0.4, 0.5) is 0 Å². The van der Waals surface area contributed by atoms with Crippen molar-refractivity contribution in [1.82, 2.24) is 14.7 Å². The van der Waals surface area contributed by atoms with Gasteiger partial charge in [0.05, 0.1) is 18.8 Å². The molecule has 1 rings (SSSR count). The Labute approximate surface area is 110 Å². The highest BCUT2D eigenvalue weighted by Crippen LogP contribution is 2.20. The van der Waals surface area contributed by atoms with E-state index in [1.807, 2.05) is 10.9 Å². The zero-order chi connectivity index (χ0) is 13.5. The van der Waals surface area contributed by atoms with Crippen molar-refractivity contribution in [2.45, 2.75) is 38.9 Å². The molecule has 1 aromatic rings. The summed E-state index contributed by atoms with van der Waals surface area (Å²) in [5.41, 5.74) is 7.08. The van der Waals surface area contributed by atoms with Crippen LogP contribution in [0.25, 0.3) is 0 Å². The molecule has 0 aliphatic heterocycles. The molecule has 2 atom stereocenters. The molecule has 18 heavy (non-hydrogen) atoms. The van der Waals surface area contributed by atoms with E-state index in [9.17, 15) is 0 Å². The van der Waals surface area contributed by atoms with Gasteiger partial charge in [-0.05, 0) is 20.4 Å². The molecule has 0 aliphatic carbocycles. The molecular weight excluding hydrogens is 228 g/mol. The van der Waals surface area contributed by atoms with Crippen LogP contribution in [-0.4, -0.2) is 48.0 Å². The van der Waals surface area contributed by atoms with Gasteiger partial charge in [-0.1, -0.05) is 6.92 Å². The summed E-state index contributed by atoms with van der Waals surface area (Å²) in [6.45, 7) is 6.53. The van der Waals surface area contributed by atoms with Gasteiger partial charge >= 0.3 is 0 Å². The topological polar surface area (TPSA) is 56.3 Å². The van der Waals surface area contributed by atoms with Gasteiger partial charge in [-0.25, -0.2) is 0 Å². The molecule has 1 aromatic heterocycles. The quantitative estimate of drug-likeness (QED) is 0.759. The number of hydrogen-bond acceptors (Lipinski definition) is 4. The number of aryl methyl sites for hydroxylation is 1. The Morgan fingerprint density at radius 2 is 2.28 bits per heavy atom. The van der Waals surface area contributed by atoms with Gasteiger partial charge in [0.15, 0.2) is 0 Å². The van der Waals surface area contributed by atoms with Crippen molar-refractivity contribution in [2.24, 2.45) is 5.73 Å². The molecule has 2 unspecified atom stereocenters. The van der Waals surface area contributed by atoms with Gasteiger partial charge in [0.25, 0.3) is 0 Å². The Hall–Kier alpha value is -0.910. The monoisotopic (exact) mass is 254 g/mol. The normalized spacial score (nSPS) is 15.0. The van der Waals surface area contributed by atoms with Crippen LogP contribution in [0.5, 0.6) is 0 Å². The van der Waals surface area contributed by atoms with Crippen molar-refractivity contribution in [1.29, 1.82) is 0 Å². The molecule has 5 heteroatoms. The maximum atomic E-state index is 5.90. The second-order valence-corrected chi connectivity index (χ2v) is 4.76. The van der Waals surface area contributed by atoms with Crippen LogP contribution in [0.2, 0.25) is 0 Å². The summed E-state index contributed by atoms with van der Waals surface area (Å²) in [6.07, 6.45) is 5.10. The molecule has 5 nitrogen and oxygen atoms in total. The van der Waals surface area contributed by atoms with E-state index in [4.69, 9.17) is 10.5 Å². The van der Waals surface area contributed by atoms with Crippen molar-refractivity contribution in [3.05, 3.63) is 18.0 Å². The number of methoxy groups -OCH3 is 1. The summed E-state index contributed by atoms with van der Waals surface area (Å²) >= 11 is 0. The first-order valence-corrected chi connectivity index (χ1v) is 6.57. The number of nitrogens with two attached hydrogens (primary N) is 1. The third-order valence-corrected chi connectivity index (χ3v) is 3.31. The lowest BCUT2D eigenvalue weighted by molar-refractivity contribution is 0.0910. The zero-order valence-corrected chi connectivity index (χ0v) is 12.0. The van der Waals surface area contributed by atoms with Crippen molar-refractivity contribution in [3.8, 4) is 0 Å². The molecule has 0 bridgehead atoms. The molecule has 0 spiro atoms. The van der Waals surface area contributed by atoms with Crippen molar-refractivity contribution in [3.63, 3.8) is 0 Å². The third-order valence-electron chi connectivity index (χ3n) is 3.31. The highest BCUT2D eigenvalue weighted by atomic mass is 16.5. The highest BCUT2D eigenvalue weighted by Gasteiger charge is 2.21. The minimum atomic E-state index is 0.195. The third kappa shape index (κ3) is 3.80. The standard InChI is InChI=1S/C13H26N4O/c1-5-6-17-9-12(8-15-17)13(7-14)16(3)11(2)10-18-4/h8-9,11,13H,5-7,10,14H2,1-4H3. The first-order chi connectivity index (χ1) is 8.63. The summed E-state index contributed by atoms with van der Waals surface area (Å²) < 4.78 is 7.17. The second kappa shape index (κ2) is 7.51. The molecule has 0 fully saturated rings.